The SMILES string of the molecule is COCCOCCOCCOCCOCCOCCOCCOCCOCCOCCOCCOCCOCCOCCOCCOCCOCCOCCOCCOCCOCCOCCOCCOCCNC(=O)C(CCC(=O)O)NC(=O)COc1cc(C)c2ccc3c(C)cc(S(=O)(=O)O)c4ccc1c2c34. The van der Waals surface area contributed by atoms with E-state index >= 15 is 0 Å². The standard InChI is InChI=1S/C74H122N2O32S/c1-61-58-68(65-6-7-66-69(109(81,82)83)59-62(2)64-5-4-63(61)72(65)73(64)66)108-60-70(77)76-67(8-9-71(78)79)74(80)75-10-11-85-14-15-87-18-19-89-22-23-91-26-27-93-30-31-95-34-35-97-38-39-99-42-43-101-46-47-103-50-51-105-54-55-107-57-56-106-53-52-104-49-48-102-45-44-100-41-40-98-37-36-96-33-32-94-29-28-92-25-24-90-21-20-88-17-16-86-13-12-84-3/h4-7,58-59,67H,8-57,60H2,1-3H3,(H,75,80)(H,76,77)(H,78,79)(H,81,82,83). The van der Waals surface area contributed by atoms with Gasteiger partial charge >= 0.3 is 5.97 Å². The maximum Gasteiger partial charge on any atom is 0.303 e. The Morgan fingerprint density at radius 3 is 0.881 bits per heavy atom. The average molecular weight is 1580 g/mol. The van der Waals surface area contributed by atoms with E-state index in [1.807, 2.05) is 19.1 Å². The molecule has 0 aromatic heterocycles. The van der Waals surface area contributed by atoms with Crippen molar-refractivity contribution in [2.45, 2.75) is 37.6 Å². The minimum Gasteiger partial charge on any atom is -0.483 e. The number of nitrogens with one attached hydrogen (secondary N) is 2. The quantitative estimate of drug-likeness (QED) is 0.0280. The first kappa shape index (κ1) is 96.4. The van der Waals surface area contributed by atoms with Crippen LogP contribution in [0.4, 0.5) is 0 Å². The van der Waals surface area contributed by atoms with Gasteiger partial charge in [-0.1, -0.05) is 18.2 Å². The Bertz CT molecular complexity index is 2990. The van der Waals surface area contributed by atoms with Gasteiger partial charge in [0.1, 0.15) is 16.7 Å². The van der Waals surface area contributed by atoms with E-state index < -0.39 is 40.6 Å². The van der Waals surface area contributed by atoms with Gasteiger partial charge in [0, 0.05) is 36.2 Å². The molecule has 0 bridgehead atoms. The number of carbonyl (C=O) groups excluding carboxylic acids is 2. The van der Waals surface area contributed by atoms with Crippen LogP contribution in [0.3, 0.4) is 0 Å². The van der Waals surface area contributed by atoms with Gasteiger partial charge in [0.25, 0.3) is 16.0 Å². The number of carboxylic acids is 1. The Morgan fingerprint density at radius 1 is 0.358 bits per heavy atom. The van der Waals surface area contributed by atoms with E-state index in [1.165, 1.54) is 6.07 Å². The van der Waals surface area contributed by atoms with E-state index in [2.05, 4.69) is 10.6 Å². The minimum atomic E-state index is -4.54. The summed E-state index contributed by atoms with van der Waals surface area (Å²) < 4.78 is 172. The monoisotopic (exact) mass is 1580 g/mol. The highest BCUT2D eigenvalue weighted by Crippen LogP contribution is 2.43. The van der Waals surface area contributed by atoms with Crippen LogP contribution in [-0.4, -0.2) is 373 Å². The molecule has 34 nitrogen and oxygen atoms in total. The van der Waals surface area contributed by atoms with Crippen LogP contribution in [-0.2, 0) is 138 Å². The topological polar surface area (TPSA) is 381 Å². The van der Waals surface area contributed by atoms with Crippen molar-refractivity contribution in [3.63, 3.8) is 0 Å². The Morgan fingerprint density at radius 2 is 0.606 bits per heavy atom. The molecule has 626 valence electrons. The number of hydrogen-bond donors (Lipinski definition) is 4. The van der Waals surface area contributed by atoms with Crippen LogP contribution in [0.5, 0.6) is 5.75 Å². The predicted molar refractivity (Wildman–Crippen MR) is 397 cm³/mol. The minimum absolute atomic E-state index is 0.0974. The summed E-state index contributed by atoms with van der Waals surface area (Å²) in [4.78, 5) is 37.5. The molecule has 2 amide bonds. The van der Waals surface area contributed by atoms with E-state index in [0.29, 0.717) is 324 Å². The molecule has 0 heterocycles. The molecule has 0 aliphatic heterocycles. The molecule has 4 N–H and O–H groups in total. The lowest BCUT2D eigenvalue weighted by Gasteiger charge is -2.20. The van der Waals surface area contributed by atoms with Crippen molar-refractivity contribution in [2.75, 3.05) is 331 Å². The second-order valence-corrected chi connectivity index (χ2v) is 25.0. The first-order chi connectivity index (χ1) is 53.4. The van der Waals surface area contributed by atoms with Gasteiger partial charge in [0.2, 0.25) is 5.91 Å². The number of ether oxygens (including phenoxy) is 25. The maximum absolute atomic E-state index is 13.2. The number of rotatable bonds is 81. The molecule has 1 unspecified atom stereocenters. The molecule has 0 saturated carbocycles. The van der Waals surface area contributed by atoms with Crippen LogP contribution < -0.4 is 15.4 Å². The molecule has 4 aromatic carbocycles. The summed E-state index contributed by atoms with van der Waals surface area (Å²) in [6, 6.07) is 9.13. The van der Waals surface area contributed by atoms with E-state index in [9.17, 15) is 32.5 Å². The van der Waals surface area contributed by atoms with Gasteiger partial charge in [0.05, 0.1) is 311 Å². The second kappa shape index (κ2) is 66.5. The zero-order valence-corrected chi connectivity index (χ0v) is 65.0. The molecular formula is C74H122N2O32S. The molecule has 4 rings (SSSR count). The molecule has 1 atom stereocenters. The predicted octanol–water partition coefficient (Wildman–Crippen LogP) is 3.32. The van der Waals surface area contributed by atoms with Gasteiger partial charge in [-0.25, -0.2) is 0 Å². The number of amides is 2. The molecule has 0 saturated heterocycles. The van der Waals surface area contributed by atoms with Crippen LogP contribution >= 0.6 is 0 Å². The van der Waals surface area contributed by atoms with Crippen LogP contribution in [0, 0.1) is 13.8 Å². The summed E-state index contributed by atoms with van der Waals surface area (Å²) >= 11 is 0. The third-order valence-electron chi connectivity index (χ3n) is 15.3. The molecule has 35 heteroatoms. The highest BCUT2D eigenvalue weighted by atomic mass is 32.2. The van der Waals surface area contributed by atoms with Gasteiger partial charge in [-0.3, -0.25) is 18.9 Å². The fourth-order valence-electron chi connectivity index (χ4n) is 9.97. The fraction of sp³-hybridized carbons (Fsp3) is 0.743. The maximum atomic E-state index is 13.2. The van der Waals surface area contributed by atoms with Crippen LogP contribution in [0.15, 0.2) is 41.3 Å². The number of carbonyl (C=O) groups is 3. The second-order valence-electron chi connectivity index (χ2n) is 23.6. The Balaban J connectivity index is 0.770. The number of hydrogen-bond acceptors (Lipinski definition) is 30. The van der Waals surface area contributed by atoms with Crippen molar-refractivity contribution in [1.29, 1.82) is 0 Å². The van der Waals surface area contributed by atoms with Gasteiger partial charge in [0.15, 0.2) is 6.61 Å². The van der Waals surface area contributed by atoms with Gasteiger partial charge < -0.3 is 134 Å². The van der Waals surface area contributed by atoms with Crippen molar-refractivity contribution in [3.05, 3.63) is 47.5 Å². The molecule has 0 radical (unpaired) electrons. The molecule has 4 aromatic rings. The Labute approximate surface area is 640 Å². The lowest BCUT2D eigenvalue weighted by atomic mass is 9.90. The van der Waals surface area contributed by atoms with E-state index in [1.54, 1.807) is 32.2 Å². The fourth-order valence-corrected chi connectivity index (χ4v) is 10.7. The summed E-state index contributed by atoms with van der Waals surface area (Å²) in [6.07, 6.45) is -0.537. The first-order valence-electron chi connectivity index (χ1n) is 37.3. The van der Waals surface area contributed by atoms with Crippen molar-refractivity contribution in [1.82, 2.24) is 10.6 Å². The molecule has 0 aliphatic carbocycles. The number of benzene rings is 4. The largest absolute Gasteiger partial charge is 0.483 e. The summed E-state index contributed by atoms with van der Waals surface area (Å²) in [7, 11) is -2.90. The zero-order chi connectivity index (χ0) is 78.0. The summed E-state index contributed by atoms with van der Waals surface area (Å²) in [5.41, 5.74) is 1.45. The lowest BCUT2D eigenvalue weighted by molar-refractivity contribution is -0.138. The molecule has 0 spiro atoms. The van der Waals surface area contributed by atoms with Crippen molar-refractivity contribution < 1.29 is 151 Å². The highest BCUT2D eigenvalue weighted by Gasteiger charge is 2.25. The summed E-state index contributed by atoms with van der Waals surface area (Å²) in [5.74, 6) is -2.04. The number of aliphatic carboxylic acids is 1. The highest BCUT2D eigenvalue weighted by molar-refractivity contribution is 7.86. The smallest absolute Gasteiger partial charge is 0.303 e. The summed E-state index contributed by atoms with van der Waals surface area (Å²) in [5, 5.41) is 18.5. The van der Waals surface area contributed by atoms with Gasteiger partial charge in [-0.15, -0.1) is 0 Å². The van der Waals surface area contributed by atoms with Crippen molar-refractivity contribution in [2.24, 2.45) is 0 Å². The van der Waals surface area contributed by atoms with Crippen molar-refractivity contribution >= 4 is 60.2 Å². The van der Waals surface area contributed by atoms with Gasteiger partial charge in [-0.05, 0) is 65.8 Å². The third-order valence-corrected chi connectivity index (χ3v) is 16.2. The van der Waals surface area contributed by atoms with E-state index in [4.69, 9.17) is 118 Å². The lowest BCUT2D eigenvalue weighted by Crippen LogP contribution is -2.48. The van der Waals surface area contributed by atoms with Crippen LogP contribution in [0.1, 0.15) is 24.0 Å². The van der Waals surface area contributed by atoms with Crippen LogP contribution in [0.2, 0.25) is 0 Å². The van der Waals surface area contributed by atoms with Crippen LogP contribution in [0.25, 0.3) is 32.3 Å². The first-order valence-corrected chi connectivity index (χ1v) is 38.7. The third kappa shape index (κ3) is 48.7. The average Bonchev–Trinajstić information content (AvgIpc) is 0.719. The Hall–Kier alpha value is -4.92. The number of aryl methyl sites for hydroxylation is 2. The number of methoxy groups -OCH3 is 1. The normalized spacial score (nSPS) is 12.2. The Kier molecular flexibility index (Phi) is 58.9. The molecule has 109 heavy (non-hydrogen) atoms. The zero-order valence-electron chi connectivity index (χ0n) is 64.2. The van der Waals surface area contributed by atoms with E-state index in [0.717, 1.165) is 16.3 Å². The van der Waals surface area contributed by atoms with Crippen molar-refractivity contribution in [3.8, 4) is 5.75 Å². The van der Waals surface area contributed by atoms with Gasteiger partial charge in [-0.2, -0.15) is 8.42 Å². The molecule has 0 fully saturated rings. The molecule has 0 aliphatic rings. The molecular weight excluding hydrogens is 1460 g/mol. The summed E-state index contributed by atoms with van der Waals surface area (Å²) in [6.45, 7) is 24.5. The van der Waals surface area contributed by atoms with E-state index in [-0.39, 0.29) is 44.1 Å². The number of carboxylic acid groups (broad SMARTS) is 1.